The van der Waals surface area contributed by atoms with E-state index in [4.69, 9.17) is 5.73 Å². The summed E-state index contributed by atoms with van der Waals surface area (Å²) < 4.78 is 0. The molecule has 2 heterocycles. The molecule has 4 rings (SSSR count). The van der Waals surface area contributed by atoms with E-state index >= 15 is 0 Å². The van der Waals surface area contributed by atoms with Gasteiger partial charge in [0, 0.05) is 87.0 Å². The Hall–Kier alpha value is -3.76. The lowest BCUT2D eigenvalue weighted by molar-refractivity contribution is -0.121. The van der Waals surface area contributed by atoms with E-state index in [9.17, 15) is 19.2 Å². The summed E-state index contributed by atoms with van der Waals surface area (Å²) in [5, 5.41) is 2.51. The Bertz CT molecular complexity index is 1110. The van der Waals surface area contributed by atoms with Crippen LogP contribution in [0.5, 0.6) is 0 Å². The Morgan fingerprint density at radius 2 is 1.56 bits per heavy atom. The molecule has 2 fully saturated rings. The molecule has 0 aromatic heterocycles. The first-order valence-corrected chi connectivity index (χ1v) is 13.3. The maximum Gasteiger partial charge on any atom is 0.219 e. The lowest BCUT2D eigenvalue weighted by atomic mass is 10.0. The zero-order valence-electron chi connectivity index (χ0n) is 23.1. The van der Waals surface area contributed by atoms with Gasteiger partial charge in [0.15, 0.2) is 12.6 Å². The molecule has 0 radical (unpaired) electrons. The monoisotopic (exact) mass is 536 g/mol. The molecule has 10 nitrogen and oxygen atoms in total. The van der Waals surface area contributed by atoms with Gasteiger partial charge in [0.2, 0.25) is 5.91 Å². The van der Waals surface area contributed by atoms with Crippen molar-refractivity contribution in [1.82, 2.24) is 15.1 Å². The van der Waals surface area contributed by atoms with Gasteiger partial charge in [0.25, 0.3) is 0 Å². The van der Waals surface area contributed by atoms with Crippen molar-refractivity contribution in [3.05, 3.63) is 53.6 Å². The van der Waals surface area contributed by atoms with E-state index < -0.39 is 0 Å². The number of amides is 1. The molecule has 39 heavy (non-hydrogen) atoms. The van der Waals surface area contributed by atoms with Crippen LogP contribution in [0.2, 0.25) is 0 Å². The Kier molecular flexibility index (Phi) is 11.0. The van der Waals surface area contributed by atoms with Gasteiger partial charge in [-0.05, 0) is 63.0 Å². The van der Waals surface area contributed by atoms with Crippen molar-refractivity contribution in [3.8, 4) is 0 Å². The highest BCUT2D eigenvalue weighted by Gasteiger charge is 2.33. The number of nitrogen functional groups attached to an aromatic ring is 1. The van der Waals surface area contributed by atoms with Crippen molar-refractivity contribution < 1.29 is 19.2 Å². The summed E-state index contributed by atoms with van der Waals surface area (Å²) in [6.07, 6.45) is 3.33. The molecule has 0 saturated carbocycles. The second-order valence-corrected chi connectivity index (χ2v) is 10.1. The molecule has 2 aliphatic rings. The highest BCUT2D eigenvalue weighted by Crippen LogP contribution is 2.26. The van der Waals surface area contributed by atoms with Gasteiger partial charge in [-0.1, -0.05) is 0 Å². The van der Waals surface area contributed by atoms with Crippen molar-refractivity contribution >= 4 is 41.8 Å². The Morgan fingerprint density at radius 1 is 0.949 bits per heavy atom. The Labute approximate surface area is 230 Å². The summed E-state index contributed by atoms with van der Waals surface area (Å²) in [7, 11) is 5.24. The largest absolute Gasteiger partial charge is 0.399 e. The number of nitrogens with two attached hydrogens (primary N) is 1. The number of hydrogen-bond donors (Lipinski definition) is 2. The average molecular weight is 537 g/mol. The van der Waals surface area contributed by atoms with Crippen LogP contribution in [0.15, 0.2) is 42.5 Å². The third-order valence-corrected chi connectivity index (χ3v) is 7.41. The summed E-state index contributed by atoms with van der Waals surface area (Å²) >= 11 is 0. The molecule has 0 bridgehead atoms. The van der Waals surface area contributed by atoms with Crippen molar-refractivity contribution in [3.63, 3.8) is 0 Å². The number of carbonyl (C=O) groups excluding carboxylic acids is 4. The van der Waals surface area contributed by atoms with Gasteiger partial charge in [-0.15, -0.1) is 0 Å². The van der Waals surface area contributed by atoms with Crippen LogP contribution in [0.3, 0.4) is 0 Å². The number of anilines is 3. The van der Waals surface area contributed by atoms with Gasteiger partial charge < -0.3 is 25.6 Å². The zero-order valence-corrected chi connectivity index (χ0v) is 23.1. The number of benzene rings is 2. The molecule has 10 heteroatoms. The highest BCUT2D eigenvalue weighted by molar-refractivity contribution is 5.91. The summed E-state index contributed by atoms with van der Waals surface area (Å²) in [4.78, 5) is 52.5. The summed E-state index contributed by atoms with van der Waals surface area (Å²) in [6, 6.07) is 14.0. The van der Waals surface area contributed by atoms with Crippen molar-refractivity contribution in [1.29, 1.82) is 0 Å². The van der Waals surface area contributed by atoms with E-state index in [2.05, 4.69) is 32.1 Å². The smallest absolute Gasteiger partial charge is 0.219 e. The molecule has 3 N–H and O–H groups in total. The summed E-state index contributed by atoms with van der Waals surface area (Å²) in [6.45, 7) is 5.97. The van der Waals surface area contributed by atoms with Crippen molar-refractivity contribution in [2.24, 2.45) is 0 Å². The number of carbonyl (C=O) groups is 4. The topological polar surface area (TPSA) is 119 Å². The van der Waals surface area contributed by atoms with Gasteiger partial charge >= 0.3 is 0 Å². The molecule has 2 aliphatic heterocycles. The SMILES string of the molecule is CNC(=O)CCC(C=O)N(C)C.Nc1ccc(N2CC(N3CCN(c4ccc(C=O)c(C=O)c4)CC3)C2)cc1. The molecular weight excluding hydrogens is 496 g/mol. The quantitative estimate of drug-likeness (QED) is 0.344. The van der Waals surface area contributed by atoms with Crippen LogP contribution in [0.25, 0.3) is 0 Å². The molecule has 1 amide bonds. The average Bonchev–Trinajstić information content (AvgIpc) is 2.93. The molecule has 210 valence electrons. The normalized spacial score (nSPS) is 16.5. The number of nitrogens with zero attached hydrogens (tertiary/aromatic N) is 4. The third kappa shape index (κ3) is 8.11. The van der Waals surface area contributed by atoms with Crippen LogP contribution in [-0.4, -0.2) is 107 Å². The van der Waals surface area contributed by atoms with E-state index in [0.29, 0.717) is 30.0 Å². The van der Waals surface area contributed by atoms with Gasteiger partial charge in [-0.3, -0.25) is 24.2 Å². The predicted octanol–water partition coefficient (Wildman–Crippen LogP) is 1.55. The van der Waals surface area contributed by atoms with Crippen molar-refractivity contribution in [2.45, 2.75) is 24.9 Å². The number of rotatable bonds is 10. The lowest BCUT2D eigenvalue weighted by Crippen LogP contribution is -2.63. The molecule has 0 aliphatic carbocycles. The van der Waals surface area contributed by atoms with E-state index in [1.165, 1.54) is 5.69 Å². The first-order chi connectivity index (χ1) is 18.8. The second kappa shape index (κ2) is 14.4. The standard InChI is InChI=1S/C21H24N4O2.C8H16N2O2/c22-18-2-5-19(6-3-18)25-12-21(13-25)24-9-7-23(8-10-24)20-4-1-16(14-26)17(11-20)15-27;1-9-8(12)5-4-7(6-11)10(2)3/h1-6,11,14-15,21H,7-10,12-13,22H2;6-7H,4-5H2,1-3H3,(H,9,12). The Morgan fingerprint density at radius 3 is 2.10 bits per heavy atom. The lowest BCUT2D eigenvalue weighted by Gasteiger charge is -2.49. The fourth-order valence-corrected chi connectivity index (χ4v) is 4.75. The maximum absolute atomic E-state index is 11.2. The molecular formula is C29H40N6O4. The highest BCUT2D eigenvalue weighted by atomic mass is 16.1. The first-order valence-electron chi connectivity index (χ1n) is 13.3. The van der Waals surface area contributed by atoms with Crippen LogP contribution in [0, 0.1) is 0 Å². The van der Waals surface area contributed by atoms with Crippen LogP contribution in [0.4, 0.5) is 17.1 Å². The fourth-order valence-electron chi connectivity index (χ4n) is 4.75. The minimum absolute atomic E-state index is 0.0244. The minimum atomic E-state index is -0.151. The maximum atomic E-state index is 11.2. The van der Waals surface area contributed by atoms with Gasteiger partial charge in [0.1, 0.15) is 6.29 Å². The third-order valence-electron chi connectivity index (χ3n) is 7.41. The number of nitrogens with one attached hydrogen (secondary N) is 1. The minimum Gasteiger partial charge on any atom is -0.399 e. The first kappa shape index (κ1) is 29.8. The number of piperazine rings is 1. The van der Waals surface area contributed by atoms with Gasteiger partial charge in [-0.25, -0.2) is 0 Å². The van der Waals surface area contributed by atoms with Gasteiger partial charge in [-0.2, -0.15) is 0 Å². The second-order valence-electron chi connectivity index (χ2n) is 10.1. The molecule has 2 aromatic carbocycles. The summed E-state index contributed by atoms with van der Waals surface area (Å²) in [5.41, 5.74) is 9.71. The zero-order chi connectivity index (χ0) is 28.4. The van der Waals surface area contributed by atoms with E-state index in [-0.39, 0.29) is 11.9 Å². The molecule has 2 saturated heterocycles. The van der Waals surface area contributed by atoms with E-state index in [0.717, 1.165) is 69.5 Å². The molecule has 1 atom stereocenters. The molecule has 0 spiro atoms. The predicted molar refractivity (Wildman–Crippen MR) is 155 cm³/mol. The Balaban J connectivity index is 0.000000298. The van der Waals surface area contributed by atoms with E-state index in [1.54, 1.807) is 18.0 Å². The molecule has 1 unspecified atom stereocenters. The fraction of sp³-hybridized carbons (Fsp3) is 0.448. The van der Waals surface area contributed by atoms with Crippen LogP contribution >= 0.6 is 0 Å². The van der Waals surface area contributed by atoms with Crippen LogP contribution in [0.1, 0.15) is 33.6 Å². The number of hydrogen-bond acceptors (Lipinski definition) is 9. The van der Waals surface area contributed by atoms with Crippen molar-refractivity contribution in [2.75, 3.05) is 75.9 Å². The van der Waals surface area contributed by atoms with Gasteiger partial charge in [0.05, 0.1) is 6.04 Å². The summed E-state index contributed by atoms with van der Waals surface area (Å²) in [5.74, 6) is -0.0244. The molecule has 2 aromatic rings. The van der Waals surface area contributed by atoms with Crippen LogP contribution < -0.4 is 20.9 Å². The number of likely N-dealkylation sites (N-methyl/N-ethyl adjacent to an activating group) is 1. The number of aldehydes is 3. The van der Waals surface area contributed by atoms with E-state index in [1.807, 2.05) is 38.4 Å². The van der Waals surface area contributed by atoms with Crippen LogP contribution in [-0.2, 0) is 9.59 Å².